The number of rotatable bonds is 24. The molecule has 0 spiro atoms. The van der Waals surface area contributed by atoms with Gasteiger partial charge in [-0.2, -0.15) is 0 Å². The van der Waals surface area contributed by atoms with E-state index in [1.807, 2.05) is 0 Å². The van der Waals surface area contributed by atoms with Crippen molar-refractivity contribution in [1.29, 1.82) is 0 Å². The van der Waals surface area contributed by atoms with Crippen molar-refractivity contribution in [3.8, 4) is 0 Å². The van der Waals surface area contributed by atoms with Crippen molar-refractivity contribution in [1.82, 2.24) is 0 Å². The molecule has 0 aliphatic carbocycles. The van der Waals surface area contributed by atoms with Gasteiger partial charge in [-0.15, -0.1) is 0 Å². The molecule has 0 N–H and O–H groups in total. The molecule has 0 aromatic carbocycles. The fourth-order valence-electron chi connectivity index (χ4n) is 4.35. The van der Waals surface area contributed by atoms with E-state index in [1.54, 1.807) is 13.8 Å². The summed E-state index contributed by atoms with van der Waals surface area (Å²) in [5, 5.41) is 0. The van der Waals surface area contributed by atoms with Crippen LogP contribution in [0.15, 0.2) is 0 Å². The van der Waals surface area contributed by atoms with Crippen LogP contribution >= 0.6 is 0 Å². The molecule has 0 radical (unpaired) electrons. The molecule has 0 amide bonds. The Morgan fingerprint density at radius 2 is 0.674 bits per heavy atom. The molecule has 3 nitrogen and oxygen atoms in total. The molecule has 0 rings (SSSR count). The SMILES string of the molecule is CCCCC[O][Sn]([O][Sn]([O]CCCCC)([C](F)(F)C(F)CC)[C](F)(F)C(F)CC)([C](F)(F)C(F)CC)[C](F)(F)C(F)CC. The second kappa shape index (κ2) is 18.3. The molecule has 0 heterocycles. The number of hydrogen-bond donors (Lipinski definition) is 0. The number of unbranched alkanes of at least 4 members (excludes halogenated alkanes) is 4. The third-order valence-corrected chi connectivity index (χ3v) is 36.9. The third kappa shape index (κ3) is 8.96. The average Bonchev–Trinajstić information content (AvgIpc) is 2.97. The summed E-state index contributed by atoms with van der Waals surface area (Å²) in [5.41, 5.74) is 0. The zero-order chi connectivity index (χ0) is 33.9. The molecule has 0 aromatic rings. The van der Waals surface area contributed by atoms with Gasteiger partial charge in [0.1, 0.15) is 0 Å². The van der Waals surface area contributed by atoms with E-state index in [2.05, 4.69) is 0 Å². The molecular weight excluding hydrogens is 826 g/mol. The van der Waals surface area contributed by atoms with Crippen molar-refractivity contribution in [2.24, 2.45) is 0 Å². The van der Waals surface area contributed by atoms with Crippen LogP contribution < -0.4 is 0 Å². The van der Waals surface area contributed by atoms with Gasteiger partial charge in [0.05, 0.1) is 0 Å². The van der Waals surface area contributed by atoms with Crippen LogP contribution in [0.3, 0.4) is 0 Å². The number of hydrogen-bond acceptors (Lipinski definition) is 3. The van der Waals surface area contributed by atoms with Crippen molar-refractivity contribution in [3.05, 3.63) is 0 Å². The summed E-state index contributed by atoms with van der Waals surface area (Å²) >= 11 is -17.8. The molecule has 0 saturated carbocycles. The Morgan fingerprint density at radius 3 is 0.860 bits per heavy atom. The van der Waals surface area contributed by atoms with Crippen LogP contribution in [0.4, 0.5) is 52.7 Å². The van der Waals surface area contributed by atoms with E-state index >= 15 is 35.1 Å². The standard InChI is InChI=1S/2C5H11O.4C4H6F3.O.2Sn/c2*1-2-3-4-5-6;4*1-2-3(5)4(6)7;;;/h2*2-5H2,1H3;4*3H,2H2,1H3;;;/q2*-1;;;;;;2*+1. The van der Waals surface area contributed by atoms with E-state index < -0.39 is 118 Å². The Morgan fingerprint density at radius 1 is 0.442 bits per heavy atom. The molecule has 0 aliphatic heterocycles. The van der Waals surface area contributed by atoms with Gasteiger partial charge in [-0.3, -0.25) is 0 Å². The molecule has 0 fully saturated rings. The van der Waals surface area contributed by atoms with E-state index in [1.165, 1.54) is 0 Å². The van der Waals surface area contributed by atoms with Crippen molar-refractivity contribution >= 4 is 38.4 Å². The van der Waals surface area contributed by atoms with Crippen LogP contribution in [0.1, 0.15) is 106 Å². The predicted molar refractivity (Wildman–Crippen MR) is 144 cm³/mol. The van der Waals surface area contributed by atoms with Gasteiger partial charge in [-0.05, 0) is 0 Å². The normalized spacial score (nSPS) is 19.4. The van der Waals surface area contributed by atoms with Crippen molar-refractivity contribution in [2.45, 2.75) is 146 Å². The summed E-state index contributed by atoms with van der Waals surface area (Å²) in [4.78, 5) is 0. The van der Waals surface area contributed by atoms with Gasteiger partial charge < -0.3 is 0 Å². The van der Waals surface area contributed by atoms with Gasteiger partial charge in [0.15, 0.2) is 0 Å². The number of halogens is 12. The third-order valence-electron chi connectivity index (χ3n) is 7.16. The summed E-state index contributed by atoms with van der Waals surface area (Å²) in [6.07, 6.45) is -19.3. The van der Waals surface area contributed by atoms with Crippen LogP contribution in [0.2, 0.25) is 0 Å². The summed E-state index contributed by atoms with van der Waals surface area (Å²) < 4.78 is 181. The van der Waals surface area contributed by atoms with Gasteiger partial charge in [0.25, 0.3) is 0 Å². The Hall–Kier alpha value is 0.637. The van der Waals surface area contributed by atoms with Crippen LogP contribution in [0.5, 0.6) is 0 Å². The molecular formula is C26H46F12O3Sn2. The number of alkyl halides is 12. The maximum absolute atomic E-state index is 16.1. The molecule has 4 unspecified atom stereocenters. The fourth-order valence-corrected chi connectivity index (χ4v) is 42.1. The Kier molecular flexibility index (Phi) is 18.5. The zero-order valence-electron chi connectivity index (χ0n) is 25.6. The van der Waals surface area contributed by atoms with Crippen LogP contribution in [-0.4, -0.2) is 92.1 Å². The monoisotopic (exact) mass is 874 g/mol. The Bertz CT molecular complexity index is 688. The van der Waals surface area contributed by atoms with E-state index in [4.69, 9.17) is 7.56 Å². The summed E-state index contributed by atoms with van der Waals surface area (Å²) in [7, 11) is 0. The molecule has 0 bridgehead atoms. The zero-order valence-corrected chi connectivity index (χ0v) is 31.3. The first-order valence-electron chi connectivity index (χ1n) is 14.8. The molecule has 43 heavy (non-hydrogen) atoms. The maximum atomic E-state index is 16.1. The van der Waals surface area contributed by atoms with Gasteiger partial charge in [0, 0.05) is 0 Å². The molecule has 0 aromatic heterocycles. The summed E-state index contributed by atoms with van der Waals surface area (Å²) in [6, 6.07) is 0. The second-order valence-corrected chi connectivity index (χ2v) is 31.2. The first kappa shape index (κ1) is 43.6. The van der Waals surface area contributed by atoms with Crippen molar-refractivity contribution in [3.63, 3.8) is 0 Å². The average molecular weight is 872 g/mol. The van der Waals surface area contributed by atoms with E-state index in [0.717, 1.165) is 27.7 Å². The quantitative estimate of drug-likeness (QED) is 0.0550. The van der Waals surface area contributed by atoms with Crippen LogP contribution in [0, 0.1) is 0 Å². The Labute approximate surface area is 257 Å². The van der Waals surface area contributed by atoms with Crippen LogP contribution in [-0.2, 0) is 7.56 Å². The second-order valence-electron chi connectivity index (χ2n) is 10.4. The minimum absolute atomic E-state index is 0.123. The van der Waals surface area contributed by atoms with Gasteiger partial charge >= 0.3 is 258 Å². The minimum atomic E-state index is -8.91. The van der Waals surface area contributed by atoms with E-state index in [-0.39, 0.29) is 25.7 Å². The van der Waals surface area contributed by atoms with Gasteiger partial charge in [0.2, 0.25) is 0 Å². The van der Waals surface area contributed by atoms with E-state index in [9.17, 15) is 17.6 Å². The van der Waals surface area contributed by atoms with Gasteiger partial charge in [-0.25, -0.2) is 0 Å². The molecule has 4 atom stereocenters. The van der Waals surface area contributed by atoms with Crippen LogP contribution in [0.25, 0.3) is 0 Å². The Balaban J connectivity index is 8.21. The first-order chi connectivity index (χ1) is 19.8. The summed E-state index contributed by atoms with van der Waals surface area (Å²) in [6.45, 7) is 3.98. The van der Waals surface area contributed by atoms with E-state index in [0.29, 0.717) is 12.8 Å². The van der Waals surface area contributed by atoms with Crippen molar-refractivity contribution in [2.75, 3.05) is 13.2 Å². The topological polar surface area (TPSA) is 27.7 Å². The van der Waals surface area contributed by atoms with Gasteiger partial charge in [-0.1, -0.05) is 0 Å². The molecule has 0 aliphatic rings. The fraction of sp³-hybridized carbons (Fsp3) is 1.00. The first-order valence-corrected chi connectivity index (χ1v) is 25.2. The summed E-state index contributed by atoms with van der Waals surface area (Å²) in [5.74, 6) is 0. The molecule has 17 heteroatoms. The predicted octanol–water partition coefficient (Wildman–Crippen LogP) is 9.99. The molecule has 0 saturated heterocycles. The van der Waals surface area contributed by atoms with Crippen molar-refractivity contribution < 1.29 is 60.2 Å². The molecule has 260 valence electrons.